The van der Waals surface area contributed by atoms with Gasteiger partial charge < -0.3 is 19.9 Å². The van der Waals surface area contributed by atoms with Crippen molar-refractivity contribution in [3.8, 4) is 0 Å². The minimum atomic E-state index is -0.375. The minimum absolute atomic E-state index is 0.215. The molecule has 2 aliphatic heterocycles. The maximum atomic E-state index is 12.3. The first-order valence-electron chi connectivity index (χ1n) is 8.38. The van der Waals surface area contributed by atoms with Crippen LogP contribution >= 0.6 is 0 Å². The molecule has 0 fully saturated rings. The molecule has 0 saturated heterocycles. The molecule has 24 heavy (non-hydrogen) atoms. The second kappa shape index (κ2) is 6.68. The van der Waals surface area contributed by atoms with Crippen LogP contribution in [0.2, 0.25) is 0 Å². The van der Waals surface area contributed by atoms with Crippen LogP contribution in [-0.4, -0.2) is 47.2 Å². The Balaban J connectivity index is 1.86. The summed E-state index contributed by atoms with van der Waals surface area (Å²) in [5.74, 6) is -0.375. The lowest BCUT2D eigenvalue weighted by Crippen LogP contribution is -2.52. The standard InChI is InChI=1S/C17H24N4O3/c1-4-24-16(22)15-11(2)18-17(23)19-13(15)10-21-9-8-20-7-5-6-14(20)12(21)3/h5-7,11-12H,4,8-10H2,1-3H3,(H2,18,19,23). The molecule has 3 rings (SSSR count). The highest BCUT2D eigenvalue weighted by atomic mass is 16.5. The van der Waals surface area contributed by atoms with E-state index in [1.165, 1.54) is 5.69 Å². The van der Waals surface area contributed by atoms with Gasteiger partial charge in [-0.05, 0) is 32.9 Å². The molecule has 0 aromatic carbocycles. The van der Waals surface area contributed by atoms with Gasteiger partial charge in [0.2, 0.25) is 0 Å². The number of carbonyl (C=O) groups excluding carboxylic acids is 2. The second-order valence-electron chi connectivity index (χ2n) is 6.21. The topological polar surface area (TPSA) is 75.6 Å². The number of ether oxygens (including phenoxy) is 1. The zero-order valence-corrected chi connectivity index (χ0v) is 14.3. The Bertz CT molecular complexity index is 679. The average molecular weight is 332 g/mol. The lowest BCUT2D eigenvalue weighted by atomic mass is 10.0. The molecule has 1 aromatic heterocycles. The van der Waals surface area contributed by atoms with Crippen LogP contribution < -0.4 is 10.6 Å². The van der Waals surface area contributed by atoms with Gasteiger partial charge in [-0.3, -0.25) is 4.90 Å². The number of nitrogens with one attached hydrogen (secondary N) is 2. The molecule has 2 aliphatic rings. The Morgan fingerprint density at radius 3 is 2.92 bits per heavy atom. The molecule has 3 heterocycles. The molecule has 0 spiro atoms. The summed E-state index contributed by atoms with van der Waals surface area (Å²) in [6, 6.07) is 3.73. The van der Waals surface area contributed by atoms with Gasteiger partial charge in [-0.15, -0.1) is 0 Å². The summed E-state index contributed by atoms with van der Waals surface area (Å²) < 4.78 is 7.41. The van der Waals surface area contributed by atoms with E-state index in [9.17, 15) is 9.59 Å². The van der Waals surface area contributed by atoms with Crippen LogP contribution in [0.1, 0.15) is 32.5 Å². The molecule has 2 atom stereocenters. The fourth-order valence-corrected chi connectivity index (χ4v) is 3.45. The first kappa shape index (κ1) is 16.6. The molecule has 0 aliphatic carbocycles. The van der Waals surface area contributed by atoms with Crippen molar-refractivity contribution < 1.29 is 14.3 Å². The molecule has 0 bridgehead atoms. The number of urea groups is 1. The van der Waals surface area contributed by atoms with Crippen molar-refractivity contribution in [3.05, 3.63) is 35.3 Å². The average Bonchev–Trinajstić information content (AvgIpc) is 2.99. The molecule has 7 heteroatoms. The fraction of sp³-hybridized carbons (Fsp3) is 0.529. The van der Waals surface area contributed by atoms with Gasteiger partial charge in [0.05, 0.1) is 18.2 Å². The van der Waals surface area contributed by atoms with Crippen molar-refractivity contribution in [1.82, 2.24) is 20.1 Å². The highest BCUT2D eigenvalue weighted by Crippen LogP contribution is 2.27. The molecule has 2 amide bonds. The summed E-state index contributed by atoms with van der Waals surface area (Å²) in [7, 11) is 0. The van der Waals surface area contributed by atoms with Crippen LogP contribution in [0.3, 0.4) is 0 Å². The molecule has 0 saturated carbocycles. The number of hydrogen-bond acceptors (Lipinski definition) is 4. The normalized spacial score (nSPS) is 24.2. The number of fused-ring (bicyclic) bond motifs is 1. The lowest BCUT2D eigenvalue weighted by Gasteiger charge is -2.37. The SMILES string of the molecule is CCOC(=O)C1=C(CN2CCn3cccc3C2C)NC(=O)NC1C. The van der Waals surface area contributed by atoms with Crippen molar-refractivity contribution in [2.45, 2.75) is 39.4 Å². The summed E-state index contributed by atoms with van der Waals surface area (Å²) in [4.78, 5) is 26.4. The summed E-state index contributed by atoms with van der Waals surface area (Å²) in [6.45, 7) is 8.30. The predicted octanol–water partition coefficient (Wildman–Crippen LogP) is 1.38. The zero-order chi connectivity index (χ0) is 17.3. The number of esters is 1. The van der Waals surface area contributed by atoms with Crippen molar-refractivity contribution >= 4 is 12.0 Å². The Morgan fingerprint density at radius 2 is 2.17 bits per heavy atom. The van der Waals surface area contributed by atoms with Gasteiger partial charge in [-0.25, -0.2) is 9.59 Å². The van der Waals surface area contributed by atoms with Crippen LogP contribution in [-0.2, 0) is 16.1 Å². The number of hydrogen-bond donors (Lipinski definition) is 2. The molecule has 0 radical (unpaired) electrons. The van der Waals surface area contributed by atoms with Gasteiger partial charge in [0.25, 0.3) is 0 Å². The van der Waals surface area contributed by atoms with E-state index >= 15 is 0 Å². The molecule has 130 valence electrons. The van der Waals surface area contributed by atoms with Gasteiger partial charge in [-0.1, -0.05) is 0 Å². The van der Waals surface area contributed by atoms with E-state index in [0.29, 0.717) is 24.4 Å². The van der Waals surface area contributed by atoms with E-state index in [-0.39, 0.29) is 24.1 Å². The summed E-state index contributed by atoms with van der Waals surface area (Å²) in [5.41, 5.74) is 2.38. The van der Waals surface area contributed by atoms with Crippen LogP contribution in [0.4, 0.5) is 4.79 Å². The molecule has 7 nitrogen and oxygen atoms in total. The van der Waals surface area contributed by atoms with E-state index in [4.69, 9.17) is 4.74 Å². The lowest BCUT2D eigenvalue weighted by molar-refractivity contribution is -0.139. The van der Waals surface area contributed by atoms with Gasteiger partial charge in [0, 0.05) is 43.3 Å². The van der Waals surface area contributed by atoms with Crippen LogP contribution in [0.25, 0.3) is 0 Å². The van der Waals surface area contributed by atoms with Gasteiger partial charge in [0.15, 0.2) is 0 Å². The molecule has 2 unspecified atom stereocenters. The van der Waals surface area contributed by atoms with Crippen molar-refractivity contribution in [3.63, 3.8) is 0 Å². The third-order valence-corrected chi connectivity index (χ3v) is 4.70. The number of aromatic nitrogens is 1. The largest absolute Gasteiger partial charge is 0.463 e. The van der Waals surface area contributed by atoms with Crippen molar-refractivity contribution in [2.75, 3.05) is 19.7 Å². The van der Waals surface area contributed by atoms with E-state index < -0.39 is 0 Å². The third kappa shape index (κ3) is 3.03. The van der Waals surface area contributed by atoms with Gasteiger partial charge in [-0.2, -0.15) is 0 Å². The first-order chi connectivity index (χ1) is 11.5. The monoisotopic (exact) mass is 332 g/mol. The Kier molecular flexibility index (Phi) is 4.62. The summed E-state index contributed by atoms with van der Waals surface area (Å²) in [5, 5.41) is 5.53. The second-order valence-corrected chi connectivity index (χ2v) is 6.21. The highest BCUT2D eigenvalue weighted by molar-refractivity contribution is 5.94. The van der Waals surface area contributed by atoms with Crippen LogP contribution in [0.5, 0.6) is 0 Å². The van der Waals surface area contributed by atoms with Crippen LogP contribution in [0, 0.1) is 0 Å². The zero-order valence-electron chi connectivity index (χ0n) is 14.3. The smallest absolute Gasteiger partial charge is 0.337 e. The molecule has 2 N–H and O–H groups in total. The van der Waals surface area contributed by atoms with E-state index in [0.717, 1.165) is 13.1 Å². The summed E-state index contributed by atoms with van der Waals surface area (Å²) >= 11 is 0. The Morgan fingerprint density at radius 1 is 1.38 bits per heavy atom. The minimum Gasteiger partial charge on any atom is -0.463 e. The van der Waals surface area contributed by atoms with Crippen molar-refractivity contribution in [2.24, 2.45) is 0 Å². The van der Waals surface area contributed by atoms with E-state index in [1.54, 1.807) is 13.8 Å². The summed E-state index contributed by atoms with van der Waals surface area (Å²) in [6.07, 6.45) is 2.08. The molecular formula is C17H24N4O3. The van der Waals surface area contributed by atoms with Gasteiger partial charge >= 0.3 is 12.0 Å². The predicted molar refractivity (Wildman–Crippen MR) is 89.2 cm³/mol. The molecular weight excluding hydrogens is 308 g/mol. The highest BCUT2D eigenvalue weighted by Gasteiger charge is 2.32. The molecule has 1 aromatic rings. The van der Waals surface area contributed by atoms with E-state index in [2.05, 4.69) is 39.3 Å². The van der Waals surface area contributed by atoms with Crippen LogP contribution in [0.15, 0.2) is 29.6 Å². The van der Waals surface area contributed by atoms with Crippen molar-refractivity contribution in [1.29, 1.82) is 0 Å². The quantitative estimate of drug-likeness (QED) is 0.817. The maximum absolute atomic E-state index is 12.3. The van der Waals surface area contributed by atoms with Gasteiger partial charge in [0.1, 0.15) is 0 Å². The Hall–Kier alpha value is -2.28. The first-order valence-corrected chi connectivity index (χ1v) is 8.38. The number of carbonyl (C=O) groups is 2. The Labute approximate surface area is 141 Å². The maximum Gasteiger partial charge on any atom is 0.337 e. The van der Waals surface area contributed by atoms with E-state index in [1.807, 2.05) is 6.07 Å². The fourth-order valence-electron chi connectivity index (χ4n) is 3.45. The third-order valence-electron chi connectivity index (χ3n) is 4.70. The number of nitrogens with zero attached hydrogens (tertiary/aromatic N) is 2. The number of rotatable bonds is 4. The number of amides is 2.